The molecule has 0 saturated carbocycles. The van der Waals surface area contributed by atoms with Gasteiger partial charge < -0.3 is 14.5 Å². The van der Waals surface area contributed by atoms with Crippen LogP contribution in [0, 0.1) is 29.1 Å². The monoisotopic (exact) mass is 471 g/mol. The van der Waals surface area contributed by atoms with Crippen molar-refractivity contribution in [1.82, 2.24) is 10.2 Å². The van der Waals surface area contributed by atoms with E-state index < -0.39 is 40.7 Å². The van der Waals surface area contributed by atoms with E-state index in [-0.39, 0.29) is 31.3 Å². The number of nitrogens with one attached hydrogen (secondary N) is 1. The molecule has 0 aliphatic carbocycles. The Morgan fingerprint density at radius 3 is 2.00 bits per heavy atom. The third kappa shape index (κ3) is 4.98. The van der Waals surface area contributed by atoms with Gasteiger partial charge in [-0.1, -0.05) is 12.1 Å². The van der Waals surface area contributed by atoms with Crippen molar-refractivity contribution in [3.63, 3.8) is 0 Å². The third-order valence-corrected chi connectivity index (χ3v) is 5.20. The first-order valence-electron chi connectivity index (χ1n) is 9.41. The van der Waals surface area contributed by atoms with Crippen LogP contribution >= 0.6 is 12.2 Å². The molecule has 1 heterocycles. The molecule has 1 aliphatic rings. The summed E-state index contributed by atoms with van der Waals surface area (Å²) in [5.41, 5.74) is -0.207. The average molecular weight is 471 g/mol. The van der Waals surface area contributed by atoms with Crippen molar-refractivity contribution < 1.29 is 31.5 Å². The molecule has 0 aromatic heterocycles. The molecule has 0 spiro atoms. The predicted octanol–water partition coefficient (Wildman–Crippen LogP) is 3.63. The van der Waals surface area contributed by atoms with Crippen LogP contribution in [-0.2, 0) is 4.79 Å². The quantitative estimate of drug-likeness (QED) is 0.243. The molecule has 0 atom stereocenters. The first-order chi connectivity index (χ1) is 15.2. The summed E-state index contributed by atoms with van der Waals surface area (Å²) < 4.78 is 73.2. The molecule has 32 heavy (non-hydrogen) atoms. The maximum Gasteiger partial charge on any atom is 0.250 e. The zero-order valence-electron chi connectivity index (χ0n) is 16.8. The van der Waals surface area contributed by atoms with Gasteiger partial charge in [-0.25, -0.2) is 22.0 Å². The number of piperazine rings is 1. The van der Waals surface area contributed by atoms with Crippen LogP contribution in [0.5, 0.6) is 5.75 Å². The summed E-state index contributed by atoms with van der Waals surface area (Å²) in [5, 5.41) is 2.61. The highest BCUT2D eigenvalue weighted by Gasteiger charge is 2.31. The molecule has 170 valence electrons. The molecule has 0 bridgehead atoms. The van der Waals surface area contributed by atoms with Gasteiger partial charge in [0, 0.05) is 32.3 Å². The highest BCUT2D eigenvalue weighted by Crippen LogP contribution is 2.30. The summed E-state index contributed by atoms with van der Waals surface area (Å²) in [6.07, 6.45) is 2.87. The average Bonchev–Trinajstić information content (AvgIpc) is 2.81. The lowest BCUT2D eigenvalue weighted by Gasteiger charge is -2.37. The second-order valence-corrected chi connectivity index (χ2v) is 7.18. The van der Waals surface area contributed by atoms with Crippen LogP contribution in [0.2, 0.25) is 0 Å². The van der Waals surface area contributed by atoms with E-state index in [9.17, 15) is 26.7 Å². The number of thiocarbonyl (C=S) groups is 1. The van der Waals surface area contributed by atoms with Crippen LogP contribution in [-0.4, -0.2) is 49.2 Å². The summed E-state index contributed by atoms with van der Waals surface area (Å²) in [4.78, 5) is 14.7. The van der Waals surface area contributed by atoms with E-state index in [1.165, 1.54) is 6.08 Å². The van der Waals surface area contributed by atoms with Crippen LogP contribution in [0.3, 0.4) is 0 Å². The number of nitrogens with zero attached hydrogens (tertiary/aromatic N) is 2. The Labute approximate surface area is 186 Å². The lowest BCUT2D eigenvalue weighted by molar-refractivity contribution is -0.115. The van der Waals surface area contributed by atoms with Gasteiger partial charge in [0.2, 0.25) is 11.7 Å². The van der Waals surface area contributed by atoms with E-state index >= 15 is 0 Å². The number of carbonyl (C=O) groups excluding carboxylic acids is 1. The summed E-state index contributed by atoms with van der Waals surface area (Å²) in [7, 11) is 1.54. The Balaban J connectivity index is 1.58. The molecule has 5 nitrogen and oxygen atoms in total. The minimum absolute atomic E-state index is 0.0595. The zero-order valence-corrected chi connectivity index (χ0v) is 17.6. The Hall–Kier alpha value is -3.21. The fourth-order valence-electron chi connectivity index (χ4n) is 3.12. The SMILES string of the molecule is COc1ccc(/C=C/C(=O)NC(=S)N2CCN(c3c(F)c(F)c(F)c(F)c3F)CC2)cc1. The van der Waals surface area contributed by atoms with Crippen LogP contribution in [0.25, 0.3) is 6.08 Å². The van der Waals surface area contributed by atoms with E-state index in [1.54, 1.807) is 42.4 Å². The van der Waals surface area contributed by atoms with E-state index in [1.807, 2.05) is 0 Å². The van der Waals surface area contributed by atoms with E-state index in [0.717, 1.165) is 10.5 Å². The van der Waals surface area contributed by atoms with Crippen LogP contribution in [0.15, 0.2) is 30.3 Å². The molecule has 1 amide bonds. The van der Waals surface area contributed by atoms with Gasteiger partial charge in [0.1, 0.15) is 11.4 Å². The van der Waals surface area contributed by atoms with Gasteiger partial charge in [0.15, 0.2) is 28.4 Å². The number of anilines is 1. The number of benzene rings is 2. The van der Waals surface area contributed by atoms with Gasteiger partial charge in [0.05, 0.1) is 7.11 Å². The maximum absolute atomic E-state index is 14.0. The molecule has 11 heteroatoms. The highest BCUT2D eigenvalue weighted by molar-refractivity contribution is 7.80. The smallest absolute Gasteiger partial charge is 0.250 e. The molecule has 1 N–H and O–H groups in total. The minimum Gasteiger partial charge on any atom is -0.497 e. The van der Waals surface area contributed by atoms with Crippen molar-refractivity contribution in [2.75, 3.05) is 38.2 Å². The minimum atomic E-state index is -2.20. The number of ether oxygens (including phenoxy) is 1. The van der Waals surface area contributed by atoms with Crippen molar-refractivity contribution in [3.8, 4) is 5.75 Å². The maximum atomic E-state index is 14.0. The largest absolute Gasteiger partial charge is 0.497 e. The Morgan fingerprint density at radius 1 is 0.938 bits per heavy atom. The van der Waals surface area contributed by atoms with Crippen molar-refractivity contribution in [2.24, 2.45) is 0 Å². The predicted molar refractivity (Wildman–Crippen MR) is 113 cm³/mol. The number of hydrogen-bond acceptors (Lipinski definition) is 4. The Kier molecular flexibility index (Phi) is 7.29. The number of methoxy groups -OCH3 is 1. The topological polar surface area (TPSA) is 44.8 Å². The third-order valence-electron chi connectivity index (χ3n) is 4.84. The van der Waals surface area contributed by atoms with Crippen molar-refractivity contribution in [1.29, 1.82) is 0 Å². The molecule has 1 saturated heterocycles. The first-order valence-corrected chi connectivity index (χ1v) is 9.82. The number of halogens is 5. The summed E-state index contributed by atoms with van der Waals surface area (Å²) in [6, 6.07) is 7.01. The van der Waals surface area contributed by atoms with Crippen LogP contribution < -0.4 is 15.0 Å². The number of rotatable bonds is 4. The van der Waals surface area contributed by atoms with Gasteiger partial charge >= 0.3 is 0 Å². The van der Waals surface area contributed by atoms with E-state index in [2.05, 4.69) is 5.32 Å². The van der Waals surface area contributed by atoms with Gasteiger partial charge in [-0.05, 0) is 36.0 Å². The summed E-state index contributed by atoms with van der Waals surface area (Å²) in [5.74, 6) is -9.75. The Morgan fingerprint density at radius 2 is 1.47 bits per heavy atom. The standard InChI is InChI=1S/C21H18F5N3O2S/c1-31-13-5-2-12(3-6-13)4-7-14(30)27-21(32)29-10-8-28(9-11-29)20-18(25)16(23)15(22)17(24)19(20)26/h2-7H,8-11H2,1H3,(H,27,30,32)/b7-4+. The number of amides is 1. The first kappa shape index (κ1) is 23.5. The highest BCUT2D eigenvalue weighted by atomic mass is 32.1. The van der Waals surface area contributed by atoms with E-state index in [4.69, 9.17) is 17.0 Å². The molecule has 0 unspecified atom stereocenters. The van der Waals surface area contributed by atoms with Gasteiger partial charge in [-0.15, -0.1) is 0 Å². The molecule has 1 fully saturated rings. The second-order valence-electron chi connectivity index (χ2n) is 6.79. The zero-order chi connectivity index (χ0) is 23.4. The Bertz CT molecular complexity index is 1030. The fraction of sp³-hybridized carbons (Fsp3) is 0.238. The molecular weight excluding hydrogens is 453 g/mol. The van der Waals surface area contributed by atoms with Gasteiger partial charge in [-0.3, -0.25) is 10.1 Å². The molecule has 3 rings (SSSR count). The summed E-state index contributed by atoms with van der Waals surface area (Å²) in [6.45, 7) is 0.105. The fourth-order valence-corrected chi connectivity index (χ4v) is 3.40. The number of carbonyl (C=O) groups is 1. The second kappa shape index (κ2) is 9.94. The van der Waals surface area contributed by atoms with Crippen LogP contribution in [0.1, 0.15) is 5.56 Å². The molecular formula is C21H18F5N3O2S. The molecule has 2 aromatic rings. The van der Waals surface area contributed by atoms with Crippen molar-refractivity contribution in [2.45, 2.75) is 0 Å². The molecule has 0 radical (unpaired) electrons. The number of hydrogen-bond donors (Lipinski definition) is 1. The van der Waals surface area contributed by atoms with Crippen molar-refractivity contribution in [3.05, 3.63) is 65.0 Å². The lowest BCUT2D eigenvalue weighted by Crippen LogP contribution is -2.53. The van der Waals surface area contributed by atoms with Crippen LogP contribution in [0.4, 0.5) is 27.6 Å². The molecule has 1 aliphatic heterocycles. The van der Waals surface area contributed by atoms with E-state index in [0.29, 0.717) is 5.75 Å². The summed E-state index contributed by atoms with van der Waals surface area (Å²) >= 11 is 5.19. The van der Waals surface area contributed by atoms with Gasteiger partial charge in [-0.2, -0.15) is 0 Å². The van der Waals surface area contributed by atoms with Gasteiger partial charge in [0.25, 0.3) is 0 Å². The van der Waals surface area contributed by atoms with Crippen molar-refractivity contribution >= 4 is 35.0 Å². The molecule has 2 aromatic carbocycles. The lowest BCUT2D eigenvalue weighted by atomic mass is 10.2. The normalized spacial score (nSPS) is 14.1.